The van der Waals surface area contributed by atoms with Crippen LogP contribution >= 0.6 is 0 Å². The molecular weight excluding hydrogens is 338 g/mol. The Morgan fingerprint density at radius 2 is 1.40 bits per heavy atom. The quantitative estimate of drug-likeness (QED) is 0.380. The van der Waals surface area contributed by atoms with Crippen molar-refractivity contribution >= 4 is 23.9 Å². The van der Waals surface area contributed by atoms with Gasteiger partial charge in [0.1, 0.15) is 12.7 Å². The van der Waals surface area contributed by atoms with Crippen LogP contribution in [0.1, 0.15) is 27.7 Å². The molecular formula is C15H19NO9. The molecule has 1 aliphatic heterocycles. The Balaban J connectivity index is 3.19. The van der Waals surface area contributed by atoms with Crippen molar-refractivity contribution in [3.05, 3.63) is 11.4 Å². The van der Waals surface area contributed by atoms with Crippen LogP contribution in [0.15, 0.2) is 0 Å². The summed E-state index contributed by atoms with van der Waals surface area (Å²) >= 11 is 0. The molecule has 0 radical (unpaired) electrons. The minimum Gasteiger partial charge on any atom is -0.463 e. The van der Waals surface area contributed by atoms with Crippen LogP contribution in [-0.4, -0.2) is 61.1 Å². The molecule has 0 aromatic heterocycles. The van der Waals surface area contributed by atoms with Crippen molar-refractivity contribution in [2.75, 3.05) is 6.61 Å². The lowest BCUT2D eigenvalue weighted by Gasteiger charge is -2.39. The lowest BCUT2D eigenvalue weighted by atomic mass is 9.96. The number of esters is 4. The van der Waals surface area contributed by atoms with E-state index in [0.29, 0.717) is 0 Å². The fraction of sp³-hybridized carbons (Fsp3) is 0.667. The highest BCUT2D eigenvalue weighted by Gasteiger charge is 2.55. The Morgan fingerprint density at radius 1 is 0.880 bits per heavy atom. The maximum atomic E-state index is 11.4. The van der Waals surface area contributed by atoms with Crippen LogP contribution in [-0.2, 0) is 42.9 Å². The second-order valence-corrected chi connectivity index (χ2v) is 5.22. The molecule has 138 valence electrons. The van der Waals surface area contributed by atoms with E-state index in [1.54, 1.807) is 0 Å². The van der Waals surface area contributed by atoms with Crippen LogP contribution in [0.4, 0.5) is 0 Å². The summed E-state index contributed by atoms with van der Waals surface area (Å²) in [6.45, 7) is 11.5. The summed E-state index contributed by atoms with van der Waals surface area (Å²) < 4.78 is 25.5. The van der Waals surface area contributed by atoms with Crippen LogP contribution in [0.25, 0.3) is 4.85 Å². The molecule has 1 aliphatic rings. The summed E-state index contributed by atoms with van der Waals surface area (Å²) in [4.78, 5) is 48.4. The van der Waals surface area contributed by atoms with E-state index >= 15 is 0 Å². The first kappa shape index (κ1) is 20.4. The number of rotatable bonds is 5. The van der Waals surface area contributed by atoms with Gasteiger partial charge in [-0.3, -0.25) is 19.2 Å². The van der Waals surface area contributed by atoms with E-state index in [2.05, 4.69) is 4.85 Å². The third-order valence-corrected chi connectivity index (χ3v) is 3.10. The first-order valence-corrected chi connectivity index (χ1v) is 7.32. The fourth-order valence-corrected chi connectivity index (χ4v) is 2.28. The van der Waals surface area contributed by atoms with E-state index in [4.69, 9.17) is 30.3 Å². The molecule has 0 amide bonds. The van der Waals surface area contributed by atoms with Crippen LogP contribution in [0, 0.1) is 6.57 Å². The lowest BCUT2D eigenvalue weighted by Crippen LogP contribution is -2.61. The van der Waals surface area contributed by atoms with Crippen LogP contribution in [0.2, 0.25) is 0 Å². The Bertz CT molecular complexity index is 582. The first-order chi connectivity index (χ1) is 11.6. The predicted molar refractivity (Wildman–Crippen MR) is 78.6 cm³/mol. The minimum atomic E-state index is -1.38. The summed E-state index contributed by atoms with van der Waals surface area (Å²) in [5.41, 5.74) is 0. The molecule has 25 heavy (non-hydrogen) atoms. The van der Waals surface area contributed by atoms with Crippen LogP contribution < -0.4 is 0 Å². The molecule has 10 heteroatoms. The fourth-order valence-electron chi connectivity index (χ4n) is 2.28. The molecule has 0 unspecified atom stereocenters. The Morgan fingerprint density at radius 3 is 1.84 bits per heavy atom. The molecule has 0 spiro atoms. The molecule has 1 heterocycles. The summed E-state index contributed by atoms with van der Waals surface area (Å²) in [5.74, 6) is -2.79. The average molecular weight is 357 g/mol. The van der Waals surface area contributed by atoms with Gasteiger partial charge in [0.05, 0.1) is 0 Å². The van der Waals surface area contributed by atoms with E-state index in [1.807, 2.05) is 0 Å². The number of hydrogen-bond acceptors (Lipinski definition) is 9. The summed E-state index contributed by atoms with van der Waals surface area (Å²) in [6, 6.07) is -1.26. The minimum absolute atomic E-state index is 0.354. The van der Waals surface area contributed by atoms with E-state index in [-0.39, 0.29) is 6.61 Å². The van der Waals surface area contributed by atoms with E-state index in [1.165, 1.54) is 6.92 Å². The van der Waals surface area contributed by atoms with E-state index in [0.717, 1.165) is 20.8 Å². The van der Waals surface area contributed by atoms with Crippen molar-refractivity contribution < 1.29 is 42.9 Å². The van der Waals surface area contributed by atoms with Crippen molar-refractivity contribution in [2.45, 2.75) is 58.3 Å². The molecule has 0 bridgehead atoms. The van der Waals surface area contributed by atoms with Gasteiger partial charge in [0.25, 0.3) is 6.29 Å². The van der Waals surface area contributed by atoms with Gasteiger partial charge >= 0.3 is 29.9 Å². The van der Waals surface area contributed by atoms with Gasteiger partial charge in [-0.25, -0.2) is 6.57 Å². The van der Waals surface area contributed by atoms with E-state index < -0.39 is 54.5 Å². The second kappa shape index (κ2) is 8.98. The van der Waals surface area contributed by atoms with Gasteiger partial charge < -0.3 is 28.5 Å². The van der Waals surface area contributed by atoms with E-state index in [9.17, 15) is 19.2 Å². The van der Waals surface area contributed by atoms with Crippen molar-refractivity contribution in [1.82, 2.24) is 0 Å². The molecule has 1 fully saturated rings. The van der Waals surface area contributed by atoms with Gasteiger partial charge in [0.15, 0.2) is 6.10 Å². The Labute approximate surface area is 144 Å². The molecule has 1 rings (SSSR count). The van der Waals surface area contributed by atoms with Gasteiger partial charge in [-0.05, 0) is 0 Å². The summed E-state index contributed by atoms with van der Waals surface area (Å²) in [7, 11) is 0. The smallest absolute Gasteiger partial charge is 0.324 e. The summed E-state index contributed by atoms with van der Waals surface area (Å²) in [6.07, 6.45) is -4.96. The topological polar surface area (TPSA) is 119 Å². The lowest BCUT2D eigenvalue weighted by molar-refractivity contribution is -0.262. The van der Waals surface area contributed by atoms with Crippen LogP contribution in [0.5, 0.6) is 0 Å². The zero-order valence-electron chi connectivity index (χ0n) is 14.2. The molecule has 0 aromatic carbocycles. The number of hydrogen-bond donors (Lipinski definition) is 0. The predicted octanol–water partition coefficient (Wildman–Crippen LogP) is -0.0112. The normalized spacial score (nSPS) is 28.2. The molecule has 0 aromatic rings. The SMILES string of the molecule is [C-]#[N+][C@H]1[C@H](OC(C)=O)O[C@H](COC(C)=O)[C@@H](OC(C)=O)[C@@H]1OC(C)=O. The molecule has 10 nitrogen and oxygen atoms in total. The van der Waals surface area contributed by atoms with Gasteiger partial charge in [-0.2, -0.15) is 0 Å². The highest BCUT2D eigenvalue weighted by Crippen LogP contribution is 2.29. The average Bonchev–Trinajstić information content (AvgIpc) is 2.46. The third kappa shape index (κ3) is 6.04. The first-order valence-electron chi connectivity index (χ1n) is 7.32. The molecule has 0 aliphatic carbocycles. The highest BCUT2D eigenvalue weighted by atomic mass is 16.7. The maximum absolute atomic E-state index is 11.4. The van der Waals surface area contributed by atoms with Gasteiger partial charge in [-0.1, -0.05) is 0 Å². The molecule has 0 N–H and O–H groups in total. The van der Waals surface area contributed by atoms with Crippen LogP contribution in [0.3, 0.4) is 0 Å². The monoisotopic (exact) mass is 357 g/mol. The largest absolute Gasteiger partial charge is 0.463 e. The standard InChI is InChI=1S/C15H19NO9/c1-7(17)21-6-11-13(22-8(2)18)14(23-9(3)19)12(16-5)15(25-11)24-10(4)20/h11-15H,6H2,1-4H3/t11-,12-,13-,14-,15-/m1/s1. The maximum Gasteiger partial charge on any atom is 0.324 e. The molecule has 0 saturated carbocycles. The number of ether oxygens (including phenoxy) is 5. The summed E-state index contributed by atoms with van der Waals surface area (Å²) in [5, 5.41) is 0. The highest BCUT2D eigenvalue weighted by molar-refractivity contribution is 5.68. The van der Waals surface area contributed by atoms with Crippen molar-refractivity contribution in [3.8, 4) is 0 Å². The zero-order chi connectivity index (χ0) is 19.1. The molecule has 5 atom stereocenters. The van der Waals surface area contributed by atoms with Gasteiger partial charge in [-0.15, -0.1) is 0 Å². The van der Waals surface area contributed by atoms with Crippen molar-refractivity contribution in [1.29, 1.82) is 0 Å². The zero-order valence-corrected chi connectivity index (χ0v) is 14.2. The third-order valence-electron chi connectivity index (χ3n) is 3.10. The van der Waals surface area contributed by atoms with Crippen molar-refractivity contribution in [2.24, 2.45) is 0 Å². The number of carbonyl (C=O) groups excluding carboxylic acids is 4. The Hall–Kier alpha value is -2.67. The molecule has 1 saturated heterocycles. The second-order valence-electron chi connectivity index (χ2n) is 5.22. The number of nitrogens with zero attached hydrogens (tertiary/aromatic N) is 1. The number of carbonyl (C=O) groups is 4. The van der Waals surface area contributed by atoms with Crippen molar-refractivity contribution in [3.63, 3.8) is 0 Å². The van der Waals surface area contributed by atoms with Gasteiger partial charge in [0, 0.05) is 27.7 Å². The van der Waals surface area contributed by atoms with Gasteiger partial charge in [0.2, 0.25) is 6.10 Å². The Kier molecular flexibility index (Phi) is 7.32.